The molecule has 72 valence electrons. The molecule has 0 aliphatic rings. The van der Waals surface area contributed by atoms with Gasteiger partial charge in [-0.05, 0) is 24.3 Å². The summed E-state index contributed by atoms with van der Waals surface area (Å²) in [5, 5.41) is 0. The van der Waals surface area contributed by atoms with Crippen LogP contribution < -0.4 is 4.74 Å². The predicted molar refractivity (Wildman–Crippen MR) is 55.0 cm³/mol. The summed E-state index contributed by atoms with van der Waals surface area (Å²) in [4.78, 5) is 3.95. The highest BCUT2D eigenvalue weighted by Crippen LogP contribution is 2.16. The molecule has 1 aromatic heterocycles. The second-order valence-corrected chi connectivity index (χ2v) is 3.58. The molecule has 0 bridgehead atoms. The molecule has 0 aliphatic carbocycles. The van der Waals surface area contributed by atoms with Gasteiger partial charge in [0.1, 0.15) is 12.0 Å². The van der Waals surface area contributed by atoms with Crippen LogP contribution in [0.1, 0.15) is 5.89 Å². The molecule has 14 heavy (non-hydrogen) atoms. The fourth-order valence-corrected chi connectivity index (χ4v) is 1.26. The standard InChI is InChI=1S/C10H8BrNO2/c11-8-1-3-9(4-2-8)14-7-10-12-5-6-13-10/h1-6H,7H2. The van der Waals surface area contributed by atoms with Crippen molar-refractivity contribution >= 4 is 15.9 Å². The molecule has 2 rings (SSSR count). The monoisotopic (exact) mass is 253 g/mol. The van der Waals surface area contributed by atoms with Crippen molar-refractivity contribution in [1.82, 2.24) is 4.98 Å². The van der Waals surface area contributed by atoms with Crippen molar-refractivity contribution in [2.75, 3.05) is 0 Å². The van der Waals surface area contributed by atoms with Gasteiger partial charge in [0.15, 0.2) is 6.61 Å². The molecule has 1 aromatic carbocycles. The lowest BCUT2D eigenvalue weighted by Crippen LogP contribution is -1.94. The van der Waals surface area contributed by atoms with Crippen LogP contribution in [0, 0.1) is 0 Å². The Morgan fingerprint density at radius 3 is 2.71 bits per heavy atom. The van der Waals surface area contributed by atoms with Crippen molar-refractivity contribution in [2.24, 2.45) is 0 Å². The Labute approximate surface area is 89.8 Å². The van der Waals surface area contributed by atoms with Gasteiger partial charge in [0.05, 0.1) is 6.20 Å². The summed E-state index contributed by atoms with van der Waals surface area (Å²) in [6.07, 6.45) is 3.13. The normalized spacial score (nSPS) is 10.1. The van der Waals surface area contributed by atoms with Crippen LogP contribution in [0.25, 0.3) is 0 Å². The van der Waals surface area contributed by atoms with Gasteiger partial charge in [-0.1, -0.05) is 15.9 Å². The Balaban J connectivity index is 1.95. The molecular formula is C10H8BrNO2. The molecule has 0 fully saturated rings. The van der Waals surface area contributed by atoms with E-state index in [-0.39, 0.29) is 0 Å². The van der Waals surface area contributed by atoms with E-state index in [9.17, 15) is 0 Å². The van der Waals surface area contributed by atoms with Crippen LogP contribution in [0.3, 0.4) is 0 Å². The van der Waals surface area contributed by atoms with Crippen molar-refractivity contribution in [3.05, 3.63) is 47.1 Å². The summed E-state index contributed by atoms with van der Waals surface area (Å²) in [6.45, 7) is 0.356. The molecule has 4 heteroatoms. The lowest BCUT2D eigenvalue weighted by atomic mass is 10.3. The fourth-order valence-electron chi connectivity index (χ4n) is 1.00. The number of hydrogen-bond acceptors (Lipinski definition) is 3. The minimum absolute atomic E-state index is 0.356. The number of rotatable bonds is 3. The zero-order valence-electron chi connectivity index (χ0n) is 7.31. The van der Waals surface area contributed by atoms with Crippen molar-refractivity contribution in [1.29, 1.82) is 0 Å². The summed E-state index contributed by atoms with van der Waals surface area (Å²) in [5.74, 6) is 1.37. The second kappa shape index (κ2) is 4.28. The Bertz CT molecular complexity index is 383. The SMILES string of the molecule is Brc1ccc(OCc2ncco2)cc1. The number of benzene rings is 1. The number of oxazole rings is 1. The van der Waals surface area contributed by atoms with Gasteiger partial charge in [-0.15, -0.1) is 0 Å². The van der Waals surface area contributed by atoms with Gasteiger partial charge in [0, 0.05) is 4.47 Å². The van der Waals surface area contributed by atoms with E-state index >= 15 is 0 Å². The predicted octanol–water partition coefficient (Wildman–Crippen LogP) is 3.02. The number of hydrogen-bond donors (Lipinski definition) is 0. The topological polar surface area (TPSA) is 35.3 Å². The maximum atomic E-state index is 5.43. The van der Waals surface area contributed by atoms with Crippen molar-refractivity contribution in [3.63, 3.8) is 0 Å². The largest absolute Gasteiger partial charge is 0.484 e. The van der Waals surface area contributed by atoms with E-state index in [1.165, 1.54) is 6.26 Å². The lowest BCUT2D eigenvalue weighted by Gasteiger charge is -2.02. The molecule has 0 amide bonds. The highest BCUT2D eigenvalue weighted by molar-refractivity contribution is 9.10. The molecule has 3 nitrogen and oxygen atoms in total. The van der Waals surface area contributed by atoms with Crippen molar-refractivity contribution in [2.45, 2.75) is 6.61 Å². The maximum Gasteiger partial charge on any atom is 0.232 e. The van der Waals surface area contributed by atoms with E-state index in [1.807, 2.05) is 24.3 Å². The third kappa shape index (κ3) is 2.35. The van der Waals surface area contributed by atoms with E-state index < -0.39 is 0 Å². The molecule has 0 saturated heterocycles. The lowest BCUT2D eigenvalue weighted by molar-refractivity contribution is 0.263. The summed E-state index contributed by atoms with van der Waals surface area (Å²) >= 11 is 3.35. The first kappa shape index (κ1) is 9.27. The van der Waals surface area contributed by atoms with Crippen LogP contribution in [0.4, 0.5) is 0 Å². The summed E-state index contributed by atoms with van der Waals surface area (Å²) in [5.41, 5.74) is 0. The third-order valence-electron chi connectivity index (χ3n) is 1.66. The van der Waals surface area contributed by atoms with Gasteiger partial charge in [-0.25, -0.2) is 4.98 Å². The Kier molecular flexibility index (Phi) is 2.84. The maximum absolute atomic E-state index is 5.43. The summed E-state index contributed by atoms with van der Waals surface area (Å²) in [7, 11) is 0. The van der Waals surface area contributed by atoms with Crippen LogP contribution in [-0.2, 0) is 6.61 Å². The van der Waals surface area contributed by atoms with E-state index in [2.05, 4.69) is 20.9 Å². The number of ether oxygens (including phenoxy) is 1. The zero-order valence-corrected chi connectivity index (χ0v) is 8.90. The van der Waals surface area contributed by atoms with E-state index in [1.54, 1.807) is 6.20 Å². The molecule has 0 unspecified atom stereocenters. The average molecular weight is 254 g/mol. The Morgan fingerprint density at radius 1 is 1.29 bits per heavy atom. The number of halogens is 1. The van der Waals surface area contributed by atoms with E-state index in [0.717, 1.165) is 10.2 Å². The first-order chi connectivity index (χ1) is 6.84. The molecule has 0 N–H and O–H groups in total. The first-order valence-corrected chi connectivity index (χ1v) is 4.90. The zero-order chi connectivity index (χ0) is 9.80. The average Bonchev–Trinajstić information content (AvgIpc) is 2.70. The summed E-state index contributed by atoms with van der Waals surface area (Å²) < 4.78 is 11.5. The molecular weight excluding hydrogens is 246 g/mol. The number of aromatic nitrogens is 1. The van der Waals surface area contributed by atoms with Crippen LogP contribution >= 0.6 is 15.9 Å². The molecule has 2 aromatic rings. The van der Waals surface area contributed by atoms with Gasteiger partial charge >= 0.3 is 0 Å². The van der Waals surface area contributed by atoms with Crippen LogP contribution in [0.15, 0.2) is 45.6 Å². The Morgan fingerprint density at radius 2 is 2.07 bits per heavy atom. The quantitative estimate of drug-likeness (QED) is 0.844. The minimum Gasteiger partial charge on any atom is -0.484 e. The Hall–Kier alpha value is -1.29. The first-order valence-electron chi connectivity index (χ1n) is 4.11. The highest BCUT2D eigenvalue weighted by atomic mass is 79.9. The fraction of sp³-hybridized carbons (Fsp3) is 0.100. The molecule has 0 saturated carbocycles. The van der Waals surface area contributed by atoms with E-state index in [0.29, 0.717) is 12.5 Å². The summed E-state index contributed by atoms with van der Waals surface area (Å²) in [6, 6.07) is 7.61. The van der Waals surface area contributed by atoms with Gasteiger partial charge in [-0.2, -0.15) is 0 Å². The van der Waals surface area contributed by atoms with Gasteiger partial charge in [0.2, 0.25) is 5.89 Å². The molecule has 0 aliphatic heterocycles. The van der Waals surface area contributed by atoms with Gasteiger partial charge in [-0.3, -0.25) is 0 Å². The van der Waals surface area contributed by atoms with Crippen LogP contribution in [-0.4, -0.2) is 4.98 Å². The van der Waals surface area contributed by atoms with Crippen molar-refractivity contribution < 1.29 is 9.15 Å². The van der Waals surface area contributed by atoms with Crippen molar-refractivity contribution in [3.8, 4) is 5.75 Å². The van der Waals surface area contributed by atoms with Crippen LogP contribution in [0.2, 0.25) is 0 Å². The third-order valence-corrected chi connectivity index (χ3v) is 2.19. The molecule has 0 spiro atoms. The van der Waals surface area contributed by atoms with E-state index in [4.69, 9.17) is 9.15 Å². The minimum atomic E-state index is 0.356. The molecule has 0 atom stereocenters. The smallest absolute Gasteiger partial charge is 0.232 e. The van der Waals surface area contributed by atoms with Crippen LogP contribution in [0.5, 0.6) is 5.75 Å². The highest BCUT2D eigenvalue weighted by Gasteiger charge is 1.98. The molecule has 1 heterocycles. The second-order valence-electron chi connectivity index (χ2n) is 2.67. The van der Waals surface area contributed by atoms with Gasteiger partial charge in [0.25, 0.3) is 0 Å². The van der Waals surface area contributed by atoms with Gasteiger partial charge < -0.3 is 9.15 Å². The molecule has 0 radical (unpaired) electrons. The number of nitrogens with zero attached hydrogens (tertiary/aromatic N) is 1.